The standard InChI is InChI=1S/C12H15N5O2/c13-7-8-5-6-15-12(11(8)17(18)19)16-10-3-1-9(14)2-4-10/h5-6,9-10H,1-4,14H2,(H,15,16). The molecule has 0 bridgehead atoms. The molecule has 1 aromatic heterocycles. The highest BCUT2D eigenvalue weighted by atomic mass is 16.6. The molecule has 0 unspecified atom stereocenters. The molecule has 3 N–H and O–H groups in total. The molecule has 0 amide bonds. The molecule has 7 nitrogen and oxygen atoms in total. The molecule has 1 aromatic rings. The van der Waals surface area contributed by atoms with E-state index < -0.39 is 4.92 Å². The molecule has 0 spiro atoms. The van der Waals surface area contributed by atoms with Crippen LogP contribution in [-0.4, -0.2) is 22.0 Å². The van der Waals surface area contributed by atoms with E-state index in [0.29, 0.717) is 0 Å². The van der Waals surface area contributed by atoms with E-state index in [4.69, 9.17) is 11.0 Å². The fraction of sp³-hybridized carbons (Fsp3) is 0.500. The van der Waals surface area contributed by atoms with E-state index in [2.05, 4.69) is 10.3 Å². The first-order valence-electron chi connectivity index (χ1n) is 6.17. The number of nitrogens with one attached hydrogen (secondary N) is 1. The van der Waals surface area contributed by atoms with Gasteiger partial charge < -0.3 is 11.1 Å². The molecule has 1 heterocycles. The Bertz CT molecular complexity index is 517. The molecule has 1 aliphatic rings. The minimum atomic E-state index is -0.567. The van der Waals surface area contributed by atoms with Crippen LogP contribution in [0, 0.1) is 21.4 Å². The maximum atomic E-state index is 11.0. The first-order valence-corrected chi connectivity index (χ1v) is 6.17. The predicted octanol–water partition coefficient (Wildman–Crippen LogP) is 1.54. The van der Waals surface area contributed by atoms with Crippen molar-refractivity contribution < 1.29 is 4.92 Å². The van der Waals surface area contributed by atoms with Gasteiger partial charge in [-0.2, -0.15) is 5.26 Å². The van der Waals surface area contributed by atoms with Crippen molar-refractivity contribution in [3.05, 3.63) is 27.9 Å². The van der Waals surface area contributed by atoms with Crippen molar-refractivity contribution in [2.75, 3.05) is 5.32 Å². The second kappa shape index (κ2) is 5.63. The van der Waals surface area contributed by atoms with Gasteiger partial charge in [0.2, 0.25) is 5.82 Å². The maximum Gasteiger partial charge on any atom is 0.328 e. The zero-order chi connectivity index (χ0) is 13.8. The summed E-state index contributed by atoms with van der Waals surface area (Å²) in [6.07, 6.45) is 4.91. The highest BCUT2D eigenvalue weighted by Crippen LogP contribution is 2.28. The van der Waals surface area contributed by atoms with Crippen molar-refractivity contribution in [1.82, 2.24) is 4.98 Å². The third-order valence-electron chi connectivity index (χ3n) is 3.34. The molecule has 19 heavy (non-hydrogen) atoms. The zero-order valence-corrected chi connectivity index (χ0v) is 10.4. The van der Waals surface area contributed by atoms with E-state index in [9.17, 15) is 10.1 Å². The van der Waals surface area contributed by atoms with Gasteiger partial charge in [0.25, 0.3) is 0 Å². The lowest BCUT2D eigenvalue weighted by Crippen LogP contribution is -2.33. The summed E-state index contributed by atoms with van der Waals surface area (Å²) in [4.78, 5) is 14.5. The Morgan fingerprint density at radius 1 is 1.47 bits per heavy atom. The number of nitrogens with zero attached hydrogens (tertiary/aromatic N) is 3. The highest BCUT2D eigenvalue weighted by molar-refractivity contribution is 5.64. The molecular weight excluding hydrogens is 246 g/mol. The van der Waals surface area contributed by atoms with Gasteiger partial charge in [-0.15, -0.1) is 0 Å². The van der Waals surface area contributed by atoms with Gasteiger partial charge in [0.1, 0.15) is 11.6 Å². The number of rotatable bonds is 3. The quantitative estimate of drug-likeness (QED) is 0.629. The van der Waals surface area contributed by atoms with Gasteiger partial charge in [0.05, 0.1) is 4.92 Å². The van der Waals surface area contributed by atoms with E-state index in [1.807, 2.05) is 6.07 Å². The smallest absolute Gasteiger partial charge is 0.328 e. The Labute approximate surface area is 110 Å². The second-order valence-electron chi connectivity index (χ2n) is 4.68. The Morgan fingerprint density at radius 3 is 2.74 bits per heavy atom. The average molecular weight is 261 g/mol. The van der Waals surface area contributed by atoms with Crippen molar-refractivity contribution in [2.45, 2.75) is 37.8 Å². The molecule has 0 aromatic carbocycles. The van der Waals surface area contributed by atoms with Crippen LogP contribution in [0.3, 0.4) is 0 Å². The lowest BCUT2D eigenvalue weighted by molar-refractivity contribution is -0.384. The van der Waals surface area contributed by atoms with Gasteiger partial charge in [-0.25, -0.2) is 4.98 Å². The summed E-state index contributed by atoms with van der Waals surface area (Å²) < 4.78 is 0. The molecule has 0 aliphatic heterocycles. The summed E-state index contributed by atoms with van der Waals surface area (Å²) in [5.74, 6) is 0.171. The van der Waals surface area contributed by atoms with Gasteiger partial charge in [-0.3, -0.25) is 10.1 Å². The van der Waals surface area contributed by atoms with Gasteiger partial charge >= 0.3 is 5.69 Å². The lowest BCUT2D eigenvalue weighted by Gasteiger charge is -2.27. The zero-order valence-electron chi connectivity index (χ0n) is 10.4. The number of nitro groups is 1. The van der Waals surface area contributed by atoms with E-state index >= 15 is 0 Å². The molecule has 0 radical (unpaired) electrons. The van der Waals surface area contributed by atoms with Gasteiger partial charge in [0.15, 0.2) is 0 Å². The number of hydrogen-bond donors (Lipinski definition) is 2. The number of pyridine rings is 1. The van der Waals surface area contributed by atoms with E-state index in [1.165, 1.54) is 12.3 Å². The van der Waals surface area contributed by atoms with Crippen LogP contribution in [0.1, 0.15) is 31.2 Å². The average Bonchev–Trinajstić information content (AvgIpc) is 2.40. The molecule has 1 saturated carbocycles. The SMILES string of the molecule is N#Cc1ccnc(NC2CCC(N)CC2)c1[N+](=O)[O-]. The summed E-state index contributed by atoms with van der Waals surface area (Å²) in [5, 5.41) is 23.0. The van der Waals surface area contributed by atoms with Gasteiger partial charge in [0, 0.05) is 18.3 Å². The molecule has 1 fully saturated rings. The fourth-order valence-electron chi connectivity index (χ4n) is 2.29. The van der Waals surface area contributed by atoms with Crippen molar-refractivity contribution >= 4 is 11.5 Å². The number of nitrogens with two attached hydrogens (primary N) is 1. The van der Waals surface area contributed by atoms with Crippen LogP contribution in [-0.2, 0) is 0 Å². The predicted molar refractivity (Wildman–Crippen MR) is 69.5 cm³/mol. The number of anilines is 1. The molecular formula is C12H15N5O2. The minimum absolute atomic E-state index is 0.0232. The molecule has 0 saturated heterocycles. The number of nitriles is 1. The monoisotopic (exact) mass is 261 g/mol. The summed E-state index contributed by atoms with van der Waals surface area (Å²) in [6, 6.07) is 3.51. The van der Waals surface area contributed by atoms with E-state index in [1.54, 1.807) is 0 Å². The normalized spacial score (nSPS) is 22.5. The van der Waals surface area contributed by atoms with Crippen LogP contribution >= 0.6 is 0 Å². The van der Waals surface area contributed by atoms with Crippen LogP contribution in [0.4, 0.5) is 11.5 Å². The molecule has 1 aliphatic carbocycles. The third-order valence-corrected chi connectivity index (χ3v) is 3.34. The number of aromatic nitrogens is 1. The highest BCUT2D eigenvalue weighted by Gasteiger charge is 2.25. The summed E-state index contributed by atoms with van der Waals surface area (Å²) in [6.45, 7) is 0. The largest absolute Gasteiger partial charge is 0.362 e. The lowest BCUT2D eigenvalue weighted by atomic mass is 9.92. The molecule has 100 valence electrons. The Balaban J connectivity index is 2.21. The summed E-state index contributed by atoms with van der Waals surface area (Å²) in [5.41, 5.74) is 5.59. The van der Waals surface area contributed by atoms with E-state index in [-0.39, 0.29) is 29.2 Å². The second-order valence-corrected chi connectivity index (χ2v) is 4.68. The Kier molecular flexibility index (Phi) is 3.92. The van der Waals surface area contributed by atoms with Crippen LogP contribution in [0.5, 0.6) is 0 Å². The molecule has 0 atom stereocenters. The van der Waals surface area contributed by atoms with Crippen molar-refractivity contribution in [1.29, 1.82) is 5.26 Å². The van der Waals surface area contributed by atoms with Crippen LogP contribution in [0.25, 0.3) is 0 Å². The van der Waals surface area contributed by atoms with Gasteiger partial charge in [-0.1, -0.05) is 0 Å². The molecule has 7 heteroatoms. The topological polar surface area (TPSA) is 118 Å². The van der Waals surface area contributed by atoms with Crippen molar-refractivity contribution in [2.24, 2.45) is 5.73 Å². The first-order chi connectivity index (χ1) is 9.11. The first kappa shape index (κ1) is 13.2. The number of hydrogen-bond acceptors (Lipinski definition) is 6. The van der Waals surface area contributed by atoms with Crippen molar-refractivity contribution in [3.8, 4) is 6.07 Å². The minimum Gasteiger partial charge on any atom is -0.362 e. The summed E-state index contributed by atoms with van der Waals surface area (Å²) in [7, 11) is 0. The Morgan fingerprint density at radius 2 is 2.16 bits per heavy atom. The van der Waals surface area contributed by atoms with Crippen LogP contribution < -0.4 is 11.1 Å². The summed E-state index contributed by atoms with van der Waals surface area (Å²) >= 11 is 0. The van der Waals surface area contributed by atoms with Crippen LogP contribution in [0.2, 0.25) is 0 Å². The van der Waals surface area contributed by atoms with E-state index in [0.717, 1.165) is 25.7 Å². The fourth-order valence-corrected chi connectivity index (χ4v) is 2.29. The third kappa shape index (κ3) is 2.98. The van der Waals surface area contributed by atoms with Gasteiger partial charge in [-0.05, 0) is 31.7 Å². The molecule has 2 rings (SSSR count). The maximum absolute atomic E-state index is 11.0. The van der Waals surface area contributed by atoms with Crippen molar-refractivity contribution in [3.63, 3.8) is 0 Å². The Hall–Kier alpha value is -2.20. The van der Waals surface area contributed by atoms with Crippen LogP contribution in [0.15, 0.2) is 12.3 Å².